The number of carboxylic acids is 1. The fraction of sp³-hybridized carbons (Fsp3) is 0.750. The minimum absolute atomic E-state index is 0.442. The topological polar surface area (TPSA) is 49.4 Å². The average molecular weight is 484 g/mol. The number of carbonyl (C=O) groups is 1. The molecule has 0 N–H and O–H groups in total. The number of halogens is 1. The molecule has 0 saturated carbocycles. The van der Waals surface area contributed by atoms with E-state index in [2.05, 4.69) is 28.1 Å². The van der Waals surface area contributed by atoms with E-state index in [9.17, 15) is 9.90 Å². The van der Waals surface area contributed by atoms with Crippen LogP contribution >= 0.6 is 11.6 Å². The summed E-state index contributed by atoms with van der Waals surface area (Å²) in [4.78, 5) is 10.1. The minimum atomic E-state index is -1.24. The molecule has 0 radical (unpaired) electrons. The summed E-state index contributed by atoms with van der Waals surface area (Å²) in [5.74, 6) is -0.733. The number of nitrogens with zero attached hydrogens (tertiary/aromatic N) is 1. The number of carbonyl (C=O) groups excluding carboxylic acids is 1. The van der Waals surface area contributed by atoms with Crippen LogP contribution in [0, 0.1) is 6.92 Å². The van der Waals surface area contributed by atoms with Crippen LogP contribution in [0.1, 0.15) is 102 Å². The van der Waals surface area contributed by atoms with Crippen molar-refractivity contribution in [2.45, 2.75) is 104 Å². The molecule has 1 rings (SSSR count). The first-order valence-electron chi connectivity index (χ1n) is 13.0. The fourth-order valence-electron chi connectivity index (χ4n) is 3.69. The first kappa shape index (κ1) is 31.7. The molecule has 1 aromatic rings. The number of ether oxygens (including phenoxy) is 1. The van der Waals surface area contributed by atoms with Gasteiger partial charge in [0.05, 0.1) is 33.7 Å². The van der Waals surface area contributed by atoms with Crippen molar-refractivity contribution in [3.63, 3.8) is 0 Å². The molecule has 0 aromatic heterocycles. The van der Waals surface area contributed by atoms with Crippen LogP contribution in [-0.2, 0) is 4.79 Å². The second kappa shape index (κ2) is 20.1. The van der Waals surface area contributed by atoms with Gasteiger partial charge in [-0.15, -0.1) is 0 Å². The van der Waals surface area contributed by atoms with Gasteiger partial charge in [-0.3, -0.25) is 0 Å². The number of benzene rings is 1. The van der Waals surface area contributed by atoms with Crippen molar-refractivity contribution in [1.29, 1.82) is 0 Å². The van der Waals surface area contributed by atoms with Crippen LogP contribution in [0.5, 0.6) is 5.75 Å². The smallest absolute Gasteiger partial charge is 0.128 e. The van der Waals surface area contributed by atoms with E-state index in [1.807, 2.05) is 0 Å². The maximum absolute atomic E-state index is 10.1. The third-order valence-corrected chi connectivity index (χ3v) is 5.90. The lowest BCUT2D eigenvalue weighted by atomic mass is 10.0. The van der Waals surface area contributed by atoms with Gasteiger partial charge in [0.1, 0.15) is 12.4 Å². The van der Waals surface area contributed by atoms with Crippen molar-refractivity contribution in [2.24, 2.45) is 0 Å². The molecular weight excluding hydrogens is 434 g/mol. The summed E-state index contributed by atoms with van der Waals surface area (Å²) in [6.07, 6.45) is 20.4. The molecule has 0 unspecified atom stereocenters. The molecule has 1 aromatic carbocycles. The SMILES string of the molecule is CCCCCCCCCCCCCCCC[N+](C)(C)C.Cc1cc(Cl)ccc1OCC(=O)[O-]. The molecule has 0 amide bonds. The van der Waals surface area contributed by atoms with Crippen LogP contribution in [0.2, 0.25) is 5.02 Å². The highest BCUT2D eigenvalue weighted by Crippen LogP contribution is 2.21. The fourth-order valence-corrected chi connectivity index (χ4v) is 3.92. The predicted octanol–water partition coefficient (Wildman–Crippen LogP) is 6.95. The number of hydrogen-bond donors (Lipinski definition) is 0. The Morgan fingerprint density at radius 2 is 1.30 bits per heavy atom. The second-order valence-corrected chi connectivity index (χ2v) is 10.6. The maximum atomic E-state index is 10.1. The van der Waals surface area contributed by atoms with Gasteiger partial charge in [-0.25, -0.2) is 0 Å². The average Bonchev–Trinajstić information content (AvgIpc) is 2.73. The summed E-state index contributed by atoms with van der Waals surface area (Å²) in [5, 5.41) is 10.7. The van der Waals surface area contributed by atoms with Crippen LogP contribution in [0.3, 0.4) is 0 Å². The van der Waals surface area contributed by atoms with Gasteiger partial charge < -0.3 is 19.1 Å². The molecule has 0 bridgehead atoms. The molecular formula is C28H50ClNO3. The Labute approximate surface area is 209 Å². The van der Waals surface area contributed by atoms with Crippen molar-refractivity contribution in [2.75, 3.05) is 34.3 Å². The van der Waals surface area contributed by atoms with E-state index in [0.29, 0.717) is 10.8 Å². The Morgan fingerprint density at radius 3 is 1.70 bits per heavy atom. The van der Waals surface area contributed by atoms with Crippen LogP contribution in [0.25, 0.3) is 0 Å². The van der Waals surface area contributed by atoms with Gasteiger partial charge in [0.15, 0.2) is 0 Å². The van der Waals surface area contributed by atoms with Crippen LogP contribution in [-0.4, -0.2) is 44.7 Å². The molecule has 0 aliphatic carbocycles. The van der Waals surface area contributed by atoms with E-state index in [4.69, 9.17) is 16.3 Å². The molecule has 0 atom stereocenters. The predicted molar refractivity (Wildman–Crippen MR) is 140 cm³/mol. The summed E-state index contributed by atoms with van der Waals surface area (Å²) in [6, 6.07) is 4.96. The summed E-state index contributed by atoms with van der Waals surface area (Å²) in [5.41, 5.74) is 0.800. The van der Waals surface area contributed by atoms with E-state index >= 15 is 0 Å². The lowest BCUT2D eigenvalue weighted by Crippen LogP contribution is -2.35. The zero-order valence-electron chi connectivity index (χ0n) is 22.1. The molecule has 192 valence electrons. The Kier molecular flexibility index (Phi) is 19.4. The zero-order valence-corrected chi connectivity index (χ0v) is 22.9. The first-order valence-corrected chi connectivity index (χ1v) is 13.4. The van der Waals surface area contributed by atoms with E-state index in [-0.39, 0.29) is 0 Å². The van der Waals surface area contributed by atoms with Gasteiger partial charge in [0.2, 0.25) is 0 Å². The maximum Gasteiger partial charge on any atom is 0.128 e. The molecule has 0 fully saturated rings. The highest BCUT2D eigenvalue weighted by Gasteiger charge is 2.05. The Balaban J connectivity index is 0.000000676. The lowest BCUT2D eigenvalue weighted by molar-refractivity contribution is -0.870. The third-order valence-electron chi connectivity index (χ3n) is 5.66. The van der Waals surface area contributed by atoms with Crippen molar-refractivity contribution in [3.05, 3.63) is 28.8 Å². The minimum Gasteiger partial charge on any atom is -0.546 e. The number of aliphatic carboxylic acids is 1. The van der Waals surface area contributed by atoms with E-state index < -0.39 is 12.6 Å². The van der Waals surface area contributed by atoms with Crippen molar-refractivity contribution in [1.82, 2.24) is 0 Å². The second-order valence-electron chi connectivity index (χ2n) is 10.2. The zero-order chi connectivity index (χ0) is 25.0. The normalized spacial score (nSPS) is 11.1. The number of carboxylic acid groups (broad SMARTS) is 1. The summed E-state index contributed by atoms with van der Waals surface area (Å²) in [7, 11) is 6.88. The lowest BCUT2D eigenvalue weighted by Gasteiger charge is -2.23. The van der Waals surface area contributed by atoms with Crippen LogP contribution in [0.4, 0.5) is 0 Å². The molecule has 0 aliphatic heterocycles. The summed E-state index contributed by atoms with van der Waals surface area (Å²) in [6.45, 7) is 4.97. The number of aryl methyl sites for hydroxylation is 1. The van der Waals surface area contributed by atoms with E-state index in [1.165, 1.54) is 96.4 Å². The van der Waals surface area contributed by atoms with Crippen LogP contribution in [0.15, 0.2) is 18.2 Å². The van der Waals surface area contributed by atoms with Gasteiger partial charge in [-0.05, 0) is 43.5 Å². The summed E-state index contributed by atoms with van der Waals surface area (Å²) >= 11 is 5.70. The monoisotopic (exact) mass is 483 g/mol. The molecule has 0 heterocycles. The molecule has 0 saturated heterocycles. The molecule has 4 nitrogen and oxygen atoms in total. The molecule has 0 spiro atoms. The van der Waals surface area contributed by atoms with E-state index in [0.717, 1.165) is 10.0 Å². The van der Waals surface area contributed by atoms with Crippen molar-refractivity contribution < 1.29 is 19.1 Å². The van der Waals surface area contributed by atoms with Gasteiger partial charge in [0, 0.05) is 5.02 Å². The van der Waals surface area contributed by atoms with Gasteiger partial charge in [0.25, 0.3) is 0 Å². The number of quaternary nitrogens is 1. The summed E-state index contributed by atoms with van der Waals surface area (Å²) < 4.78 is 6.06. The van der Waals surface area contributed by atoms with Crippen LogP contribution < -0.4 is 9.84 Å². The Hall–Kier alpha value is -1.26. The largest absolute Gasteiger partial charge is 0.546 e. The third kappa shape index (κ3) is 22.3. The van der Waals surface area contributed by atoms with Crippen molar-refractivity contribution in [3.8, 4) is 5.75 Å². The molecule has 0 aliphatic rings. The highest BCUT2D eigenvalue weighted by molar-refractivity contribution is 6.30. The quantitative estimate of drug-likeness (QED) is 0.167. The van der Waals surface area contributed by atoms with E-state index in [1.54, 1.807) is 25.1 Å². The van der Waals surface area contributed by atoms with Gasteiger partial charge in [-0.2, -0.15) is 0 Å². The highest BCUT2D eigenvalue weighted by atomic mass is 35.5. The van der Waals surface area contributed by atoms with Crippen molar-refractivity contribution >= 4 is 17.6 Å². The number of unbranched alkanes of at least 4 members (excludes halogenated alkanes) is 13. The van der Waals surface area contributed by atoms with Gasteiger partial charge in [-0.1, -0.05) is 95.6 Å². The first-order chi connectivity index (χ1) is 15.7. The molecule has 5 heteroatoms. The number of rotatable bonds is 18. The Morgan fingerprint density at radius 1 is 0.848 bits per heavy atom. The number of hydrogen-bond acceptors (Lipinski definition) is 3. The van der Waals surface area contributed by atoms with Gasteiger partial charge >= 0.3 is 0 Å². The Bertz CT molecular complexity index is 614. The standard InChI is InChI=1S/C19H42N.C9H9ClO3/c1-5-6-7-8-9-10-11-12-13-14-15-16-17-18-19-20(2,3)4;1-6-4-7(10)2-3-8(6)13-5-9(11)12/h5-19H2,1-4H3;2-4H,5H2,1H3,(H,11,12)/q+1;/p-1. The molecule has 33 heavy (non-hydrogen) atoms.